The first-order chi connectivity index (χ1) is 11.8. The van der Waals surface area contributed by atoms with Crippen LogP contribution in [-0.4, -0.2) is 48.4 Å². The van der Waals surface area contributed by atoms with E-state index < -0.39 is 35.3 Å². The second kappa shape index (κ2) is 7.82. The molecule has 0 bridgehead atoms. The molecule has 1 saturated heterocycles. The van der Waals surface area contributed by atoms with E-state index in [1.165, 1.54) is 0 Å². The van der Waals surface area contributed by atoms with E-state index in [0.29, 0.717) is 25.0 Å². The zero-order valence-corrected chi connectivity index (χ0v) is 14.5. The van der Waals surface area contributed by atoms with E-state index in [1.54, 1.807) is 26.0 Å². The molecule has 2 rings (SSSR count). The van der Waals surface area contributed by atoms with E-state index in [9.17, 15) is 19.5 Å². The lowest BCUT2D eigenvalue weighted by molar-refractivity contribution is -0.169. The number of ether oxygens (including phenoxy) is 3. The van der Waals surface area contributed by atoms with Crippen LogP contribution in [0.3, 0.4) is 0 Å². The van der Waals surface area contributed by atoms with Crippen LogP contribution in [0.4, 0.5) is 0 Å². The zero-order chi connectivity index (χ0) is 18.6. The van der Waals surface area contributed by atoms with Gasteiger partial charge in [0.05, 0.1) is 24.5 Å². The van der Waals surface area contributed by atoms with Gasteiger partial charge in [-0.3, -0.25) is 9.59 Å². The second-order valence-corrected chi connectivity index (χ2v) is 6.67. The molecule has 1 heterocycles. The highest BCUT2D eigenvalue weighted by molar-refractivity contribution is 5.87. The Morgan fingerprint density at radius 3 is 2.68 bits per heavy atom. The standard InChI is InChI=1S/C18H24O7/c1-11(2)16(21)23-9-7-13(14-10-24-14)25-17(22)18(3)8-5-4-6-12(18)15(19)20/h5,8,12-14H,1,4,6-7,9-10H2,2-3H3,(H,19,20). The number of hydrogen-bond donors (Lipinski definition) is 1. The normalized spacial score (nSPS) is 28.7. The molecule has 7 nitrogen and oxygen atoms in total. The van der Waals surface area contributed by atoms with Crippen LogP contribution < -0.4 is 0 Å². The van der Waals surface area contributed by atoms with Gasteiger partial charge in [0.2, 0.25) is 0 Å². The van der Waals surface area contributed by atoms with Gasteiger partial charge in [-0.15, -0.1) is 0 Å². The molecule has 2 aliphatic rings. The fourth-order valence-electron chi connectivity index (χ4n) is 2.84. The van der Waals surface area contributed by atoms with Gasteiger partial charge in [-0.1, -0.05) is 18.7 Å². The SMILES string of the molecule is C=C(C)C(=O)OCCC(OC(=O)C1(C)C=CCCC1C(=O)O)C1CO1. The predicted octanol–water partition coefficient (Wildman–Crippen LogP) is 1.86. The second-order valence-electron chi connectivity index (χ2n) is 6.67. The summed E-state index contributed by atoms with van der Waals surface area (Å²) in [4.78, 5) is 35.6. The van der Waals surface area contributed by atoms with Crippen molar-refractivity contribution in [3.8, 4) is 0 Å². The van der Waals surface area contributed by atoms with Gasteiger partial charge in [0.25, 0.3) is 0 Å². The van der Waals surface area contributed by atoms with Crippen molar-refractivity contribution in [3.05, 3.63) is 24.3 Å². The largest absolute Gasteiger partial charge is 0.481 e. The number of carboxylic acids is 1. The Balaban J connectivity index is 1.98. The van der Waals surface area contributed by atoms with Crippen LogP contribution in [0.2, 0.25) is 0 Å². The van der Waals surface area contributed by atoms with Crippen molar-refractivity contribution in [2.24, 2.45) is 11.3 Å². The summed E-state index contributed by atoms with van der Waals surface area (Å²) < 4.78 is 15.8. The van der Waals surface area contributed by atoms with Gasteiger partial charge in [-0.25, -0.2) is 4.79 Å². The predicted molar refractivity (Wildman–Crippen MR) is 87.6 cm³/mol. The molecule has 25 heavy (non-hydrogen) atoms. The van der Waals surface area contributed by atoms with Crippen LogP contribution in [0.1, 0.15) is 33.1 Å². The molecule has 138 valence electrons. The maximum atomic E-state index is 12.7. The Kier molecular flexibility index (Phi) is 6.00. The molecule has 7 heteroatoms. The first kappa shape index (κ1) is 19.2. The highest BCUT2D eigenvalue weighted by atomic mass is 16.6. The van der Waals surface area contributed by atoms with Crippen LogP contribution in [0, 0.1) is 11.3 Å². The zero-order valence-electron chi connectivity index (χ0n) is 14.5. The third-order valence-corrected chi connectivity index (χ3v) is 4.56. The topological polar surface area (TPSA) is 102 Å². The number of rotatable bonds is 8. The third kappa shape index (κ3) is 4.69. The summed E-state index contributed by atoms with van der Waals surface area (Å²) >= 11 is 0. The minimum absolute atomic E-state index is 0.0679. The highest BCUT2D eigenvalue weighted by Gasteiger charge is 2.48. The lowest BCUT2D eigenvalue weighted by Gasteiger charge is -2.34. The first-order valence-electron chi connectivity index (χ1n) is 8.31. The summed E-state index contributed by atoms with van der Waals surface area (Å²) in [7, 11) is 0. The lowest BCUT2D eigenvalue weighted by Crippen LogP contribution is -2.43. The van der Waals surface area contributed by atoms with E-state index >= 15 is 0 Å². The summed E-state index contributed by atoms with van der Waals surface area (Å²) in [5.74, 6) is -2.94. The van der Waals surface area contributed by atoms with Crippen molar-refractivity contribution in [2.75, 3.05) is 13.2 Å². The van der Waals surface area contributed by atoms with Crippen molar-refractivity contribution in [3.63, 3.8) is 0 Å². The van der Waals surface area contributed by atoms with E-state index in [0.717, 1.165) is 0 Å². The fraction of sp³-hybridized carbons (Fsp3) is 0.611. The monoisotopic (exact) mass is 352 g/mol. The van der Waals surface area contributed by atoms with Gasteiger partial charge in [0, 0.05) is 12.0 Å². The third-order valence-electron chi connectivity index (χ3n) is 4.56. The lowest BCUT2D eigenvalue weighted by atomic mass is 9.71. The van der Waals surface area contributed by atoms with E-state index in [2.05, 4.69) is 6.58 Å². The summed E-state index contributed by atoms with van der Waals surface area (Å²) in [6.07, 6.45) is 3.89. The van der Waals surface area contributed by atoms with Crippen LogP contribution in [0.15, 0.2) is 24.3 Å². The molecule has 1 aliphatic heterocycles. The molecule has 0 aromatic carbocycles. The van der Waals surface area contributed by atoms with E-state index in [-0.39, 0.29) is 19.1 Å². The Labute approximate surface area is 146 Å². The Hall–Kier alpha value is -2.15. The van der Waals surface area contributed by atoms with E-state index in [4.69, 9.17) is 14.2 Å². The van der Waals surface area contributed by atoms with Crippen LogP contribution in [-0.2, 0) is 28.6 Å². The minimum atomic E-state index is -1.22. The van der Waals surface area contributed by atoms with Gasteiger partial charge in [-0.2, -0.15) is 0 Å². The molecule has 1 aliphatic carbocycles. The number of carboxylic acid groups (broad SMARTS) is 1. The number of carbonyl (C=O) groups is 3. The number of esters is 2. The molecule has 4 atom stereocenters. The number of aliphatic carboxylic acids is 1. The Morgan fingerprint density at radius 2 is 2.12 bits per heavy atom. The first-order valence-corrected chi connectivity index (χ1v) is 8.31. The smallest absolute Gasteiger partial charge is 0.333 e. The van der Waals surface area contributed by atoms with Crippen LogP contribution in [0.5, 0.6) is 0 Å². The van der Waals surface area contributed by atoms with E-state index in [1.807, 2.05) is 0 Å². The number of hydrogen-bond acceptors (Lipinski definition) is 6. The summed E-state index contributed by atoms with van der Waals surface area (Å²) in [6.45, 7) is 7.15. The van der Waals surface area contributed by atoms with Crippen molar-refractivity contribution in [2.45, 2.75) is 45.3 Å². The van der Waals surface area contributed by atoms with Crippen molar-refractivity contribution in [1.29, 1.82) is 0 Å². The number of carbonyl (C=O) groups excluding carboxylic acids is 2. The fourth-order valence-corrected chi connectivity index (χ4v) is 2.84. The minimum Gasteiger partial charge on any atom is -0.481 e. The molecule has 0 aromatic rings. The molecule has 1 N–H and O–H groups in total. The maximum absolute atomic E-state index is 12.7. The molecule has 0 saturated carbocycles. The Bertz CT molecular complexity index is 590. The molecule has 0 amide bonds. The molecule has 0 spiro atoms. The molecule has 0 radical (unpaired) electrons. The summed E-state index contributed by atoms with van der Waals surface area (Å²) in [5, 5.41) is 9.40. The molecular weight excluding hydrogens is 328 g/mol. The summed E-state index contributed by atoms with van der Waals surface area (Å²) in [5.41, 5.74) is -0.925. The number of epoxide rings is 1. The molecular formula is C18H24O7. The molecule has 0 aromatic heterocycles. The van der Waals surface area contributed by atoms with Crippen molar-refractivity contribution >= 4 is 17.9 Å². The molecule has 4 unspecified atom stereocenters. The maximum Gasteiger partial charge on any atom is 0.333 e. The molecule has 1 fully saturated rings. The van der Waals surface area contributed by atoms with Crippen molar-refractivity contribution in [1.82, 2.24) is 0 Å². The van der Waals surface area contributed by atoms with Crippen LogP contribution >= 0.6 is 0 Å². The van der Waals surface area contributed by atoms with Gasteiger partial charge < -0.3 is 19.3 Å². The van der Waals surface area contributed by atoms with Gasteiger partial charge >= 0.3 is 17.9 Å². The van der Waals surface area contributed by atoms with Crippen LogP contribution in [0.25, 0.3) is 0 Å². The quantitative estimate of drug-likeness (QED) is 0.308. The average molecular weight is 352 g/mol. The Morgan fingerprint density at radius 1 is 1.44 bits per heavy atom. The van der Waals surface area contributed by atoms with Gasteiger partial charge in [-0.05, 0) is 26.7 Å². The summed E-state index contributed by atoms with van der Waals surface area (Å²) in [6, 6.07) is 0. The van der Waals surface area contributed by atoms with Gasteiger partial charge in [0.15, 0.2) is 0 Å². The highest BCUT2D eigenvalue weighted by Crippen LogP contribution is 2.39. The number of allylic oxidation sites excluding steroid dienone is 1. The van der Waals surface area contributed by atoms with Gasteiger partial charge in [0.1, 0.15) is 12.2 Å². The van der Waals surface area contributed by atoms with Crippen molar-refractivity contribution < 1.29 is 33.7 Å². The average Bonchev–Trinajstić information content (AvgIpc) is 3.38.